The topological polar surface area (TPSA) is 67.8 Å². The number of morpholine rings is 1. The molecule has 24 heavy (non-hydrogen) atoms. The standard InChI is InChI=1S/C17H24N4O3/c22-15(14-4-1-10-23-14)20-9-11-24-17(12-20)5-2-8-21(13-17)16-18-6-3-7-19-16/h3,6-7,14H,1-2,4-5,8-13H2/t14-,17+/m1/s1. The highest BCUT2D eigenvalue weighted by Gasteiger charge is 2.43. The van der Waals surface area contributed by atoms with Crippen LogP contribution in [0.15, 0.2) is 18.5 Å². The van der Waals surface area contributed by atoms with Gasteiger partial charge in [-0.25, -0.2) is 9.97 Å². The van der Waals surface area contributed by atoms with E-state index in [0.717, 1.165) is 44.7 Å². The van der Waals surface area contributed by atoms with Gasteiger partial charge >= 0.3 is 0 Å². The van der Waals surface area contributed by atoms with Gasteiger partial charge in [-0.15, -0.1) is 0 Å². The SMILES string of the molecule is O=C([C@H]1CCCO1)N1CCO[C@@]2(CCCN(c3ncccn3)C2)C1. The van der Waals surface area contributed by atoms with E-state index in [4.69, 9.17) is 9.47 Å². The van der Waals surface area contributed by atoms with Gasteiger partial charge in [-0.1, -0.05) is 0 Å². The molecule has 0 radical (unpaired) electrons. The molecular weight excluding hydrogens is 308 g/mol. The molecule has 130 valence electrons. The molecule has 1 aromatic heterocycles. The summed E-state index contributed by atoms with van der Waals surface area (Å²) in [6, 6.07) is 1.82. The molecule has 1 spiro atoms. The summed E-state index contributed by atoms with van der Waals surface area (Å²) in [5.74, 6) is 0.867. The average molecular weight is 332 g/mol. The lowest BCUT2D eigenvalue weighted by Crippen LogP contribution is -2.62. The molecule has 2 atom stereocenters. The molecule has 3 saturated heterocycles. The van der Waals surface area contributed by atoms with E-state index in [0.29, 0.717) is 26.3 Å². The predicted octanol–water partition coefficient (Wildman–Crippen LogP) is 0.853. The van der Waals surface area contributed by atoms with Crippen LogP contribution in [0.2, 0.25) is 0 Å². The van der Waals surface area contributed by atoms with Gasteiger partial charge in [-0.05, 0) is 31.7 Å². The number of carbonyl (C=O) groups excluding carboxylic acids is 1. The van der Waals surface area contributed by atoms with Crippen molar-refractivity contribution in [3.8, 4) is 0 Å². The van der Waals surface area contributed by atoms with Gasteiger partial charge < -0.3 is 19.3 Å². The highest BCUT2D eigenvalue weighted by molar-refractivity contribution is 5.81. The maximum Gasteiger partial charge on any atom is 0.251 e. The van der Waals surface area contributed by atoms with Crippen LogP contribution in [0.3, 0.4) is 0 Å². The third kappa shape index (κ3) is 3.10. The maximum atomic E-state index is 12.7. The van der Waals surface area contributed by atoms with E-state index in [9.17, 15) is 4.79 Å². The predicted molar refractivity (Wildman–Crippen MR) is 87.7 cm³/mol. The van der Waals surface area contributed by atoms with E-state index < -0.39 is 0 Å². The number of nitrogens with zero attached hydrogens (tertiary/aromatic N) is 4. The molecule has 0 aliphatic carbocycles. The Kier molecular flexibility index (Phi) is 4.37. The van der Waals surface area contributed by atoms with Gasteiger partial charge in [-0.3, -0.25) is 4.79 Å². The Morgan fingerprint density at radius 1 is 1.17 bits per heavy atom. The molecular formula is C17H24N4O3. The minimum absolute atomic E-state index is 0.128. The van der Waals surface area contributed by atoms with Gasteiger partial charge in [0.25, 0.3) is 5.91 Å². The Bertz CT molecular complexity index is 574. The number of anilines is 1. The van der Waals surface area contributed by atoms with E-state index in [-0.39, 0.29) is 17.6 Å². The second kappa shape index (κ2) is 6.64. The zero-order chi connectivity index (χ0) is 16.4. The van der Waals surface area contributed by atoms with Crippen molar-refractivity contribution in [2.75, 3.05) is 44.3 Å². The van der Waals surface area contributed by atoms with Gasteiger partial charge in [0.1, 0.15) is 11.7 Å². The van der Waals surface area contributed by atoms with Gasteiger partial charge in [0.15, 0.2) is 0 Å². The molecule has 1 amide bonds. The molecule has 0 unspecified atom stereocenters. The van der Waals surface area contributed by atoms with E-state index >= 15 is 0 Å². The first-order valence-corrected chi connectivity index (χ1v) is 8.82. The van der Waals surface area contributed by atoms with Gasteiger partial charge in [0, 0.05) is 32.1 Å². The molecule has 3 fully saturated rings. The van der Waals surface area contributed by atoms with Crippen LogP contribution in [0.25, 0.3) is 0 Å². The zero-order valence-corrected chi connectivity index (χ0v) is 13.9. The van der Waals surface area contributed by atoms with E-state index in [1.54, 1.807) is 12.4 Å². The van der Waals surface area contributed by atoms with Crippen LogP contribution in [-0.4, -0.2) is 71.9 Å². The Balaban J connectivity index is 1.46. The van der Waals surface area contributed by atoms with Crippen LogP contribution in [0, 0.1) is 0 Å². The summed E-state index contributed by atoms with van der Waals surface area (Å²) in [5, 5.41) is 0. The van der Waals surface area contributed by atoms with Crippen LogP contribution in [-0.2, 0) is 14.3 Å². The van der Waals surface area contributed by atoms with Gasteiger partial charge in [0.2, 0.25) is 5.95 Å². The number of aromatic nitrogens is 2. The first-order valence-electron chi connectivity index (χ1n) is 8.82. The first kappa shape index (κ1) is 15.8. The van der Waals surface area contributed by atoms with Crippen molar-refractivity contribution in [2.45, 2.75) is 37.4 Å². The average Bonchev–Trinajstić information content (AvgIpc) is 3.17. The summed E-state index contributed by atoms with van der Waals surface area (Å²) >= 11 is 0. The zero-order valence-electron chi connectivity index (χ0n) is 13.9. The fraction of sp³-hybridized carbons (Fsp3) is 0.706. The summed E-state index contributed by atoms with van der Waals surface area (Å²) in [5.41, 5.74) is -0.316. The van der Waals surface area contributed by atoms with Crippen LogP contribution in [0.1, 0.15) is 25.7 Å². The lowest BCUT2D eigenvalue weighted by molar-refractivity contribution is -0.160. The minimum Gasteiger partial charge on any atom is -0.369 e. The van der Waals surface area contributed by atoms with Crippen LogP contribution in [0.4, 0.5) is 5.95 Å². The molecule has 0 bridgehead atoms. The second-order valence-electron chi connectivity index (χ2n) is 6.87. The molecule has 3 aliphatic rings. The minimum atomic E-state index is -0.316. The monoisotopic (exact) mass is 332 g/mol. The van der Waals surface area contributed by atoms with Crippen LogP contribution in [0.5, 0.6) is 0 Å². The number of piperidine rings is 1. The number of amides is 1. The number of hydrogen-bond donors (Lipinski definition) is 0. The number of carbonyl (C=O) groups is 1. The molecule has 1 aromatic rings. The highest BCUT2D eigenvalue weighted by Crippen LogP contribution is 2.31. The highest BCUT2D eigenvalue weighted by atomic mass is 16.5. The molecule has 4 heterocycles. The van der Waals surface area contributed by atoms with Crippen molar-refractivity contribution in [1.82, 2.24) is 14.9 Å². The quantitative estimate of drug-likeness (QED) is 0.800. The van der Waals surface area contributed by atoms with Crippen molar-refractivity contribution in [1.29, 1.82) is 0 Å². The lowest BCUT2D eigenvalue weighted by atomic mass is 9.90. The molecule has 0 N–H and O–H groups in total. The third-order valence-electron chi connectivity index (χ3n) is 5.14. The Hall–Kier alpha value is -1.73. The Labute approximate surface area is 142 Å². The first-order chi connectivity index (χ1) is 11.8. The maximum absolute atomic E-state index is 12.7. The second-order valence-corrected chi connectivity index (χ2v) is 6.87. The summed E-state index contributed by atoms with van der Waals surface area (Å²) in [7, 11) is 0. The smallest absolute Gasteiger partial charge is 0.251 e. The van der Waals surface area contributed by atoms with Crippen molar-refractivity contribution in [3.05, 3.63) is 18.5 Å². The van der Waals surface area contributed by atoms with Crippen LogP contribution < -0.4 is 4.90 Å². The molecule has 3 aliphatic heterocycles. The van der Waals surface area contributed by atoms with Crippen LogP contribution >= 0.6 is 0 Å². The van der Waals surface area contributed by atoms with Crippen molar-refractivity contribution >= 4 is 11.9 Å². The fourth-order valence-corrected chi connectivity index (χ4v) is 3.98. The van der Waals surface area contributed by atoms with Crippen molar-refractivity contribution in [3.63, 3.8) is 0 Å². The number of hydrogen-bond acceptors (Lipinski definition) is 6. The van der Waals surface area contributed by atoms with Gasteiger partial charge in [-0.2, -0.15) is 0 Å². The Morgan fingerprint density at radius 3 is 2.83 bits per heavy atom. The summed E-state index contributed by atoms with van der Waals surface area (Å²) in [4.78, 5) is 25.5. The molecule has 0 saturated carbocycles. The molecule has 7 nitrogen and oxygen atoms in total. The van der Waals surface area contributed by atoms with Crippen molar-refractivity contribution < 1.29 is 14.3 Å². The third-order valence-corrected chi connectivity index (χ3v) is 5.14. The number of ether oxygens (including phenoxy) is 2. The Morgan fingerprint density at radius 2 is 2.04 bits per heavy atom. The summed E-state index contributed by atoms with van der Waals surface area (Å²) < 4.78 is 11.7. The molecule has 0 aromatic carbocycles. The van der Waals surface area contributed by atoms with E-state index in [1.807, 2.05) is 11.0 Å². The normalized spacial score (nSPS) is 30.8. The summed E-state index contributed by atoms with van der Waals surface area (Å²) in [6.07, 6.45) is 7.07. The largest absolute Gasteiger partial charge is 0.369 e. The fourth-order valence-electron chi connectivity index (χ4n) is 3.98. The van der Waals surface area contributed by atoms with Gasteiger partial charge in [0.05, 0.1) is 19.7 Å². The lowest BCUT2D eigenvalue weighted by Gasteiger charge is -2.48. The number of rotatable bonds is 2. The molecule has 7 heteroatoms. The summed E-state index contributed by atoms with van der Waals surface area (Å²) in [6.45, 7) is 4.23. The van der Waals surface area contributed by atoms with E-state index in [1.165, 1.54) is 0 Å². The molecule has 4 rings (SSSR count). The van der Waals surface area contributed by atoms with Crippen molar-refractivity contribution in [2.24, 2.45) is 0 Å². The van der Waals surface area contributed by atoms with E-state index in [2.05, 4.69) is 14.9 Å².